The van der Waals surface area contributed by atoms with Crippen LogP contribution in [0.15, 0.2) is 24.4 Å². The molecule has 1 nitrogen and oxygen atoms in total. The Hall–Kier alpha value is -1.24. The van der Waals surface area contributed by atoms with Gasteiger partial charge in [-0.3, -0.25) is 0 Å². The lowest BCUT2D eigenvalue weighted by Gasteiger charge is -1.92. The van der Waals surface area contributed by atoms with Gasteiger partial charge < -0.3 is 4.57 Å². The van der Waals surface area contributed by atoms with Crippen LogP contribution in [0.4, 0.5) is 0 Å². The van der Waals surface area contributed by atoms with Gasteiger partial charge in [-0.2, -0.15) is 0 Å². The van der Waals surface area contributed by atoms with Crippen molar-refractivity contribution in [2.75, 3.05) is 0 Å². The third kappa shape index (κ3) is 0.845. The highest BCUT2D eigenvalue weighted by Crippen LogP contribution is 2.18. The first-order chi connectivity index (χ1) is 5.29. The summed E-state index contributed by atoms with van der Waals surface area (Å²) in [5, 5.41) is 1.33. The summed E-state index contributed by atoms with van der Waals surface area (Å²) in [7, 11) is 2.06. The number of aryl methyl sites for hydroxylation is 2. The second-order valence-electron chi connectivity index (χ2n) is 2.87. The minimum atomic E-state index is 1.25. The highest BCUT2D eigenvalue weighted by atomic mass is 14.9. The first-order valence-corrected chi connectivity index (χ1v) is 3.71. The molecule has 0 atom stereocenters. The van der Waals surface area contributed by atoms with Gasteiger partial charge in [-0.1, -0.05) is 12.1 Å². The maximum absolute atomic E-state index is 3.07. The van der Waals surface area contributed by atoms with Crippen LogP contribution in [-0.4, -0.2) is 4.57 Å². The summed E-state index contributed by atoms with van der Waals surface area (Å²) in [6, 6.07) is 9.14. The molecule has 0 saturated heterocycles. The number of aromatic nitrogens is 1. The van der Waals surface area contributed by atoms with E-state index >= 15 is 0 Å². The van der Waals surface area contributed by atoms with Crippen molar-refractivity contribution in [1.29, 1.82) is 0 Å². The van der Waals surface area contributed by atoms with E-state index in [-0.39, 0.29) is 0 Å². The highest BCUT2D eigenvalue weighted by molar-refractivity contribution is 5.83. The van der Waals surface area contributed by atoms with E-state index in [4.69, 9.17) is 0 Å². The fourth-order valence-electron chi connectivity index (χ4n) is 1.48. The van der Waals surface area contributed by atoms with Crippen molar-refractivity contribution in [3.8, 4) is 0 Å². The molecule has 0 aliphatic heterocycles. The zero-order valence-corrected chi connectivity index (χ0v) is 6.76. The predicted octanol–water partition coefficient (Wildman–Crippen LogP) is 2.29. The van der Waals surface area contributed by atoms with Gasteiger partial charge in [-0.05, 0) is 24.6 Å². The van der Waals surface area contributed by atoms with Gasteiger partial charge in [-0.25, -0.2) is 0 Å². The van der Waals surface area contributed by atoms with Crippen LogP contribution in [0.5, 0.6) is 0 Å². The monoisotopic (exact) mass is 144 g/mol. The molecule has 0 fully saturated rings. The van der Waals surface area contributed by atoms with E-state index in [9.17, 15) is 0 Å². The molecule has 0 aliphatic rings. The zero-order chi connectivity index (χ0) is 7.84. The topological polar surface area (TPSA) is 4.93 Å². The van der Waals surface area contributed by atoms with Crippen LogP contribution in [0.1, 0.15) is 5.56 Å². The van der Waals surface area contributed by atoms with E-state index in [1.165, 1.54) is 16.5 Å². The Morgan fingerprint density at radius 3 is 3.00 bits per heavy atom. The lowest BCUT2D eigenvalue weighted by molar-refractivity contribution is 0.964. The van der Waals surface area contributed by atoms with Crippen LogP contribution in [0, 0.1) is 13.0 Å². The van der Waals surface area contributed by atoms with E-state index in [0.717, 1.165) is 0 Å². The summed E-state index contributed by atoms with van der Waals surface area (Å²) in [6.07, 6.45) is 2.14. The van der Waals surface area contributed by atoms with Crippen molar-refractivity contribution in [2.24, 2.45) is 7.05 Å². The maximum atomic E-state index is 3.07. The third-order valence-corrected chi connectivity index (χ3v) is 2.03. The smallest absolute Gasteiger partial charge is 0.0486 e. The number of fused-ring (bicyclic) bond motifs is 1. The molecule has 0 N–H and O–H groups in total. The fourth-order valence-corrected chi connectivity index (χ4v) is 1.48. The standard InChI is InChI=1S/C10H10N/c1-8-7-11(2)10-6-4-3-5-9(8)10/h3,5-7H,1-2H3. The average Bonchev–Trinajstić information content (AvgIpc) is 2.30. The van der Waals surface area contributed by atoms with Crippen LogP contribution in [0.3, 0.4) is 0 Å². The highest BCUT2D eigenvalue weighted by Gasteiger charge is 1.99. The van der Waals surface area contributed by atoms with Crippen LogP contribution in [0.2, 0.25) is 0 Å². The number of rotatable bonds is 0. The maximum Gasteiger partial charge on any atom is 0.0486 e. The van der Waals surface area contributed by atoms with Crippen molar-refractivity contribution in [3.63, 3.8) is 0 Å². The first-order valence-electron chi connectivity index (χ1n) is 3.71. The van der Waals surface area contributed by atoms with Crippen LogP contribution >= 0.6 is 0 Å². The van der Waals surface area contributed by atoms with Crippen molar-refractivity contribution in [1.82, 2.24) is 4.57 Å². The van der Waals surface area contributed by atoms with E-state index in [1.54, 1.807) is 0 Å². The molecule has 1 radical (unpaired) electrons. The molecule has 2 rings (SSSR count). The molecule has 0 amide bonds. The summed E-state index contributed by atoms with van der Waals surface area (Å²) in [5.74, 6) is 0. The van der Waals surface area contributed by atoms with E-state index in [1.807, 2.05) is 12.1 Å². The van der Waals surface area contributed by atoms with Crippen molar-refractivity contribution >= 4 is 10.9 Å². The molecule has 2 aromatic rings. The summed E-state index contributed by atoms with van der Waals surface area (Å²) in [6.45, 7) is 2.13. The van der Waals surface area contributed by atoms with Gasteiger partial charge >= 0.3 is 0 Å². The minimum absolute atomic E-state index is 1.25. The third-order valence-electron chi connectivity index (χ3n) is 2.03. The lowest BCUT2D eigenvalue weighted by atomic mass is 10.2. The number of benzene rings is 1. The van der Waals surface area contributed by atoms with Crippen molar-refractivity contribution < 1.29 is 0 Å². The fraction of sp³-hybridized carbons (Fsp3) is 0.200. The number of nitrogens with zero attached hydrogens (tertiary/aromatic N) is 1. The van der Waals surface area contributed by atoms with E-state index < -0.39 is 0 Å². The minimum Gasteiger partial charge on any atom is -0.350 e. The molecule has 1 aromatic heterocycles. The summed E-state index contributed by atoms with van der Waals surface area (Å²) in [5.41, 5.74) is 2.58. The van der Waals surface area contributed by atoms with Gasteiger partial charge in [0.25, 0.3) is 0 Å². The molecule has 1 aromatic carbocycles. The van der Waals surface area contributed by atoms with Crippen LogP contribution in [0.25, 0.3) is 10.9 Å². The number of hydrogen-bond acceptors (Lipinski definition) is 0. The summed E-state index contributed by atoms with van der Waals surface area (Å²) in [4.78, 5) is 0. The van der Waals surface area contributed by atoms with Gasteiger partial charge in [0.15, 0.2) is 0 Å². The molecule has 0 spiro atoms. The second kappa shape index (κ2) is 2.12. The largest absolute Gasteiger partial charge is 0.350 e. The van der Waals surface area contributed by atoms with Crippen molar-refractivity contribution in [3.05, 3.63) is 36.0 Å². The van der Waals surface area contributed by atoms with Gasteiger partial charge in [0, 0.05) is 24.1 Å². The quantitative estimate of drug-likeness (QED) is 0.534. The zero-order valence-electron chi connectivity index (χ0n) is 6.76. The van der Waals surface area contributed by atoms with Crippen molar-refractivity contribution in [2.45, 2.75) is 6.92 Å². The Labute approximate surface area is 66.3 Å². The van der Waals surface area contributed by atoms with Gasteiger partial charge in [-0.15, -0.1) is 0 Å². The first kappa shape index (κ1) is 6.47. The Morgan fingerprint density at radius 2 is 2.27 bits per heavy atom. The Balaban J connectivity index is 2.95. The predicted molar refractivity (Wildman–Crippen MR) is 46.5 cm³/mol. The Bertz CT molecular complexity index is 349. The lowest BCUT2D eigenvalue weighted by Crippen LogP contribution is -1.81. The molecule has 11 heavy (non-hydrogen) atoms. The SMILES string of the molecule is Cc1cn(C)c2c[c]ccc12. The second-order valence-corrected chi connectivity index (χ2v) is 2.87. The molecule has 0 unspecified atom stereocenters. The average molecular weight is 144 g/mol. The summed E-state index contributed by atoms with van der Waals surface area (Å²) < 4.78 is 2.13. The molecular formula is C10H10N. The Kier molecular flexibility index (Phi) is 1.25. The molecule has 0 aliphatic carbocycles. The molecule has 55 valence electrons. The molecule has 1 heteroatoms. The van der Waals surface area contributed by atoms with Crippen LogP contribution in [-0.2, 0) is 7.05 Å². The number of hydrogen-bond donors (Lipinski definition) is 0. The molecular weight excluding hydrogens is 134 g/mol. The molecule has 0 bridgehead atoms. The molecule has 1 heterocycles. The van der Waals surface area contributed by atoms with Gasteiger partial charge in [0.05, 0.1) is 0 Å². The van der Waals surface area contributed by atoms with E-state index in [0.29, 0.717) is 0 Å². The van der Waals surface area contributed by atoms with Crippen LogP contribution < -0.4 is 0 Å². The summed E-state index contributed by atoms with van der Waals surface area (Å²) >= 11 is 0. The van der Waals surface area contributed by atoms with Gasteiger partial charge in [0.1, 0.15) is 0 Å². The molecule has 0 saturated carbocycles. The normalized spacial score (nSPS) is 10.7. The Morgan fingerprint density at radius 1 is 1.45 bits per heavy atom. The van der Waals surface area contributed by atoms with Gasteiger partial charge in [0.2, 0.25) is 0 Å². The van der Waals surface area contributed by atoms with E-state index in [2.05, 4.69) is 36.9 Å².